The molecular formula is C19H22N2O4S. The van der Waals surface area contributed by atoms with E-state index in [4.69, 9.17) is 14.2 Å². The summed E-state index contributed by atoms with van der Waals surface area (Å²) in [5, 5.41) is 8.20. The van der Waals surface area contributed by atoms with Crippen LogP contribution in [0.15, 0.2) is 34.7 Å². The van der Waals surface area contributed by atoms with E-state index >= 15 is 0 Å². The van der Waals surface area contributed by atoms with Gasteiger partial charge in [0.2, 0.25) is 11.7 Å². The maximum atomic E-state index is 12.5. The Morgan fingerprint density at radius 1 is 1.23 bits per heavy atom. The molecule has 0 fully saturated rings. The Morgan fingerprint density at radius 3 is 2.42 bits per heavy atom. The predicted molar refractivity (Wildman–Crippen MR) is 101 cm³/mol. The Kier molecular flexibility index (Phi) is 5.46. The van der Waals surface area contributed by atoms with Gasteiger partial charge in [-0.05, 0) is 29.1 Å². The van der Waals surface area contributed by atoms with Gasteiger partial charge in [-0.1, -0.05) is 13.0 Å². The van der Waals surface area contributed by atoms with Crippen molar-refractivity contribution >= 4 is 23.0 Å². The van der Waals surface area contributed by atoms with Crippen molar-refractivity contribution in [3.63, 3.8) is 0 Å². The number of ether oxygens (including phenoxy) is 3. The molecule has 0 radical (unpaired) electrons. The van der Waals surface area contributed by atoms with Crippen molar-refractivity contribution in [2.24, 2.45) is 5.10 Å². The number of nitrogens with zero attached hydrogens (tertiary/aromatic N) is 2. The molecule has 0 bridgehead atoms. The molecule has 3 rings (SSSR count). The molecule has 0 aliphatic carbocycles. The van der Waals surface area contributed by atoms with Gasteiger partial charge in [-0.3, -0.25) is 4.79 Å². The highest BCUT2D eigenvalue weighted by molar-refractivity contribution is 7.12. The first-order valence-electron chi connectivity index (χ1n) is 8.36. The number of methoxy groups -OCH3 is 3. The van der Waals surface area contributed by atoms with Crippen LogP contribution >= 0.6 is 11.3 Å². The number of hydrogen-bond acceptors (Lipinski definition) is 6. The van der Waals surface area contributed by atoms with Crippen LogP contribution in [0.25, 0.3) is 0 Å². The minimum absolute atomic E-state index is 0.0182. The Morgan fingerprint density at radius 2 is 1.92 bits per heavy atom. The number of hydrazone groups is 1. The predicted octanol–water partition coefficient (Wildman–Crippen LogP) is 3.86. The fraction of sp³-hybridized carbons (Fsp3) is 0.368. The lowest BCUT2D eigenvalue weighted by molar-refractivity contribution is -0.132. The molecule has 1 amide bonds. The Bertz CT molecular complexity index is 792. The number of rotatable bonds is 6. The van der Waals surface area contributed by atoms with E-state index in [0.717, 1.165) is 16.2 Å². The fourth-order valence-corrected chi connectivity index (χ4v) is 3.77. The van der Waals surface area contributed by atoms with Gasteiger partial charge in [0.05, 0.1) is 38.0 Å². The summed E-state index contributed by atoms with van der Waals surface area (Å²) in [7, 11) is 4.73. The number of carbonyl (C=O) groups is 1. The number of hydrogen-bond donors (Lipinski definition) is 0. The molecule has 1 aromatic heterocycles. The maximum Gasteiger partial charge on any atom is 0.242 e. The van der Waals surface area contributed by atoms with Crippen LogP contribution in [0.1, 0.15) is 36.2 Å². The van der Waals surface area contributed by atoms with Gasteiger partial charge in [0.15, 0.2) is 11.5 Å². The first kappa shape index (κ1) is 18.3. The Balaban J connectivity index is 2.03. The minimum Gasteiger partial charge on any atom is -0.493 e. The molecule has 0 saturated heterocycles. The van der Waals surface area contributed by atoms with Gasteiger partial charge >= 0.3 is 0 Å². The normalized spacial score (nSPS) is 16.4. The van der Waals surface area contributed by atoms with Gasteiger partial charge < -0.3 is 14.2 Å². The second kappa shape index (κ2) is 7.78. The van der Waals surface area contributed by atoms with Crippen molar-refractivity contribution in [2.45, 2.75) is 25.8 Å². The lowest BCUT2D eigenvalue weighted by Gasteiger charge is -2.23. The summed E-state index contributed by atoms with van der Waals surface area (Å²) in [6.07, 6.45) is 1.03. The molecule has 1 aliphatic heterocycles. The van der Waals surface area contributed by atoms with Crippen molar-refractivity contribution in [1.29, 1.82) is 0 Å². The van der Waals surface area contributed by atoms with E-state index in [1.807, 2.05) is 36.6 Å². The van der Waals surface area contributed by atoms with Crippen LogP contribution in [0.2, 0.25) is 0 Å². The zero-order valence-electron chi connectivity index (χ0n) is 15.3. The van der Waals surface area contributed by atoms with E-state index in [9.17, 15) is 4.79 Å². The summed E-state index contributed by atoms with van der Waals surface area (Å²) in [5.41, 5.74) is 1.82. The van der Waals surface area contributed by atoms with Crippen molar-refractivity contribution in [2.75, 3.05) is 21.3 Å². The summed E-state index contributed by atoms with van der Waals surface area (Å²) in [5.74, 6) is 1.64. The summed E-state index contributed by atoms with van der Waals surface area (Å²) >= 11 is 1.62. The highest BCUT2D eigenvalue weighted by atomic mass is 32.1. The van der Waals surface area contributed by atoms with Gasteiger partial charge in [0.1, 0.15) is 0 Å². The third-order valence-electron chi connectivity index (χ3n) is 4.35. The summed E-state index contributed by atoms with van der Waals surface area (Å²) in [6.45, 7) is 1.84. The van der Waals surface area contributed by atoms with Crippen LogP contribution in [0.4, 0.5) is 0 Å². The van der Waals surface area contributed by atoms with Crippen molar-refractivity contribution < 1.29 is 19.0 Å². The number of benzene rings is 1. The molecule has 1 aromatic carbocycles. The molecule has 1 aliphatic rings. The SMILES string of the molecule is CCC(=O)N1N=C(c2cccs2)C[C@H]1c1cc(OC)c(OC)c(OC)c1. The van der Waals surface area contributed by atoms with Gasteiger partial charge in [-0.25, -0.2) is 5.01 Å². The zero-order valence-corrected chi connectivity index (χ0v) is 16.1. The average Bonchev–Trinajstić information content (AvgIpc) is 3.35. The van der Waals surface area contributed by atoms with Gasteiger partial charge in [0.25, 0.3) is 0 Å². The Labute approximate surface area is 157 Å². The average molecular weight is 374 g/mol. The van der Waals surface area contributed by atoms with E-state index in [0.29, 0.717) is 30.1 Å². The first-order valence-corrected chi connectivity index (χ1v) is 9.24. The molecule has 2 aromatic rings. The third kappa shape index (κ3) is 3.26. The minimum atomic E-state index is -0.201. The number of amides is 1. The van der Waals surface area contributed by atoms with E-state index in [1.54, 1.807) is 37.7 Å². The molecule has 1 atom stereocenters. The third-order valence-corrected chi connectivity index (χ3v) is 5.26. The summed E-state index contributed by atoms with van der Waals surface area (Å²) in [4.78, 5) is 13.6. The molecule has 0 N–H and O–H groups in total. The van der Waals surface area contributed by atoms with Crippen LogP contribution in [0.3, 0.4) is 0 Å². The first-order chi connectivity index (χ1) is 12.6. The highest BCUT2D eigenvalue weighted by Gasteiger charge is 2.34. The maximum absolute atomic E-state index is 12.5. The van der Waals surface area contributed by atoms with Crippen molar-refractivity contribution in [3.8, 4) is 17.2 Å². The lowest BCUT2D eigenvalue weighted by Crippen LogP contribution is -2.26. The van der Waals surface area contributed by atoms with Crippen molar-refractivity contribution in [3.05, 3.63) is 40.1 Å². The van der Waals surface area contributed by atoms with Crippen molar-refractivity contribution in [1.82, 2.24) is 5.01 Å². The van der Waals surface area contributed by atoms with E-state index < -0.39 is 0 Å². The van der Waals surface area contributed by atoms with Crippen LogP contribution in [0.5, 0.6) is 17.2 Å². The van der Waals surface area contributed by atoms with Crippen LogP contribution in [-0.2, 0) is 4.79 Å². The molecule has 138 valence electrons. The van der Waals surface area contributed by atoms with Crippen LogP contribution in [0, 0.1) is 0 Å². The van der Waals surface area contributed by atoms with Gasteiger partial charge in [-0.15, -0.1) is 11.3 Å². The Hall–Kier alpha value is -2.54. The topological polar surface area (TPSA) is 60.4 Å². The largest absolute Gasteiger partial charge is 0.493 e. The molecule has 7 heteroatoms. The van der Waals surface area contributed by atoms with E-state index in [2.05, 4.69) is 5.10 Å². The van der Waals surface area contributed by atoms with Gasteiger partial charge in [0, 0.05) is 12.8 Å². The summed E-state index contributed by atoms with van der Waals surface area (Å²) in [6, 6.07) is 7.58. The number of carbonyl (C=O) groups excluding carboxylic acids is 1. The molecule has 0 saturated carbocycles. The second-order valence-corrected chi connectivity index (χ2v) is 6.74. The smallest absolute Gasteiger partial charge is 0.242 e. The molecule has 26 heavy (non-hydrogen) atoms. The lowest BCUT2D eigenvalue weighted by atomic mass is 10.00. The monoisotopic (exact) mass is 374 g/mol. The second-order valence-electron chi connectivity index (χ2n) is 5.79. The highest BCUT2D eigenvalue weighted by Crippen LogP contribution is 2.43. The fourth-order valence-electron chi connectivity index (χ4n) is 3.05. The molecule has 6 nitrogen and oxygen atoms in total. The van der Waals surface area contributed by atoms with E-state index in [1.165, 1.54) is 0 Å². The van der Waals surface area contributed by atoms with Gasteiger partial charge in [-0.2, -0.15) is 5.10 Å². The standard InChI is InChI=1S/C19H22N2O4S/c1-5-18(22)21-14(11-13(20-21)17-7-6-8-26-17)12-9-15(23-2)19(25-4)16(10-12)24-3/h6-10,14H,5,11H2,1-4H3/t14-/m0/s1. The molecule has 2 heterocycles. The van der Waals surface area contributed by atoms with Crippen LogP contribution < -0.4 is 14.2 Å². The molecule has 0 unspecified atom stereocenters. The quantitative estimate of drug-likeness (QED) is 0.770. The molecular weight excluding hydrogens is 352 g/mol. The molecule has 0 spiro atoms. The zero-order chi connectivity index (χ0) is 18.7. The number of thiophene rings is 1. The summed E-state index contributed by atoms with van der Waals surface area (Å²) < 4.78 is 16.3. The van der Waals surface area contributed by atoms with E-state index in [-0.39, 0.29) is 11.9 Å². The van der Waals surface area contributed by atoms with Crippen LogP contribution in [-0.4, -0.2) is 38.0 Å².